The molecule has 116 valence electrons. The van der Waals surface area contributed by atoms with Crippen molar-refractivity contribution >= 4 is 11.3 Å². The van der Waals surface area contributed by atoms with Gasteiger partial charge in [-0.05, 0) is 31.7 Å². The van der Waals surface area contributed by atoms with E-state index in [-0.39, 0.29) is 6.10 Å². The summed E-state index contributed by atoms with van der Waals surface area (Å²) < 4.78 is 10.6. The van der Waals surface area contributed by atoms with E-state index >= 15 is 0 Å². The number of hydrogen-bond acceptors (Lipinski definition) is 5. The van der Waals surface area contributed by atoms with E-state index in [9.17, 15) is 5.11 Å². The van der Waals surface area contributed by atoms with Crippen LogP contribution in [0.1, 0.15) is 25.1 Å². The predicted octanol–water partition coefficient (Wildman–Crippen LogP) is 2.37. The van der Waals surface area contributed by atoms with Gasteiger partial charge in [0, 0.05) is 38.2 Å². The van der Waals surface area contributed by atoms with Crippen LogP contribution >= 0.6 is 11.3 Å². The molecule has 1 rings (SSSR count). The third-order valence-corrected chi connectivity index (χ3v) is 3.73. The molecule has 0 radical (unpaired) electrons. The van der Waals surface area contributed by atoms with Crippen LogP contribution in [0.15, 0.2) is 17.5 Å². The molecule has 0 saturated heterocycles. The van der Waals surface area contributed by atoms with Crippen molar-refractivity contribution < 1.29 is 14.6 Å². The average Bonchev–Trinajstić information content (AvgIpc) is 2.89. The SMILES string of the molecule is COCCCN(Cc1cccs1)CC(O)COC(C)C. The normalized spacial score (nSPS) is 13.3. The van der Waals surface area contributed by atoms with Gasteiger partial charge < -0.3 is 14.6 Å². The lowest BCUT2D eigenvalue weighted by atomic mass is 10.3. The number of aliphatic hydroxyl groups excluding tert-OH is 1. The molecular weight excluding hydrogens is 274 g/mol. The van der Waals surface area contributed by atoms with E-state index in [1.807, 2.05) is 13.8 Å². The van der Waals surface area contributed by atoms with Gasteiger partial charge in [-0.1, -0.05) is 6.07 Å². The largest absolute Gasteiger partial charge is 0.389 e. The van der Waals surface area contributed by atoms with Crippen molar-refractivity contribution in [2.24, 2.45) is 0 Å². The van der Waals surface area contributed by atoms with Gasteiger partial charge >= 0.3 is 0 Å². The first-order valence-electron chi connectivity index (χ1n) is 7.15. The summed E-state index contributed by atoms with van der Waals surface area (Å²) in [6.07, 6.45) is 0.684. The molecule has 0 saturated carbocycles. The first-order valence-corrected chi connectivity index (χ1v) is 8.03. The van der Waals surface area contributed by atoms with Crippen LogP contribution in [0.4, 0.5) is 0 Å². The summed E-state index contributed by atoms with van der Waals surface area (Å²) in [5, 5.41) is 12.1. The molecule has 0 fully saturated rings. The zero-order valence-electron chi connectivity index (χ0n) is 12.7. The van der Waals surface area contributed by atoms with Gasteiger partial charge in [0.05, 0.1) is 18.8 Å². The van der Waals surface area contributed by atoms with E-state index < -0.39 is 6.10 Å². The van der Waals surface area contributed by atoms with Crippen molar-refractivity contribution in [3.05, 3.63) is 22.4 Å². The summed E-state index contributed by atoms with van der Waals surface area (Å²) in [5.74, 6) is 0. The van der Waals surface area contributed by atoms with Gasteiger partial charge in [-0.3, -0.25) is 4.90 Å². The number of hydrogen-bond donors (Lipinski definition) is 1. The summed E-state index contributed by atoms with van der Waals surface area (Å²) in [4.78, 5) is 3.58. The average molecular weight is 301 g/mol. The molecule has 1 heterocycles. The molecule has 0 amide bonds. The van der Waals surface area contributed by atoms with Crippen LogP contribution in [-0.2, 0) is 16.0 Å². The minimum Gasteiger partial charge on any atom is -0.389 e. The van der Waals surface area contributed by atoms with E-state index in [4.69, 9.17) is 9.47 Å². The Kier molecular flexibility index (Phi) is 9.05. The van der Waals surface area contributed by atoms with Gasteiger partial charge in [-0.2, -0.15) is 0 Å². The smallest absolute Gasteiger partial charge is 0.0900 e. The standard InChI is InChI=1S/C15H27NO3S/c1-13(2)19-12-14(17)10-16(7-5-8-18-3)11-15-6-4-9-20-15/h4,6,9,13-14,17H,5,7-8,10-12H2,1-3H3. The molecule has 1 N–H and O–H groups in total. The summed E-state index contributed by atoms with van der Waals surface area (Å²) in [6, 6.07) is 4.19. The third kappa shape index (κ3) is 7.97. The first-order chi connectivity index (χ1) is 9.61. The molecule has 0 aliphatic heterocycles. The van der Waals surface area contributed by atoms with E-state index in [1.165, 1.54) is 4.88 Å². The van der Waals surface area contributed by atoms with Crippen LogP contribution in [0.2, 0.25) is 0 Å². The Morgan fingerprint density at radius 3 is 2.80 bits per heavy atom. The first kappa shape index (κ1) is 17.6. The molecule has 0 bridgehead atoms. The zero-order valence-corrected chi connectivity index (χ0v) is 13.6. The molecule has 1 aromatic heterocycles. The second kappa shape index (κ2) is 10.3. The molecule has 1 atom stereocenters. The predicted molar refractivity (Wildman–Crippen MR) is 83.2 cm³/mol. The van der Waals surface area contributed by atoms with Crippen molar-refractivity contribution in [1.29, 1.82) is 0 Å². The molecule has 0 spiro atoms. The van der Waals surface area contributed by atoms with Crippen LogP contribution in [0, 0.1) is 0 Å². The van der Waals surface area contributed by atoms with Gasteiger partial charge in [0.15, 0.2) is 0 Å². The number of methoxy groups -OCH3 is 1. The molecular formula is C15H27NO3S. The van der Waals surface area contributed by atoms with Crippen molar-refractivity contribution in [2.45, 2.75) is 39.0 Å². The molecule has 0 aliphatic carbocycles. The van der Waals surface area contributed by atoms with Gasteiger partial charge in [-0.25, -0.2) is 0 Å². The van der Waals surface area contributed by atoms with E-state index in [0.29, 0.717) is 13.2 Å². The second-order valence-electron chi connectivity index (χ2n) is 5.20. The van der Waals surface area contributed by atoms with Gasteiger partial charge in [0.25, 0.3) is 0 Å². The van der Waals surface area contributed by atoms with Gasteiger partial charge in [-0.15, -0.1) is 11.3 Å². The van der Waals surface area contributed by atoms with Gasteiger partial charge in [0.1, 0.15) is 0 Å². The monoisotopic (exact) mass is 301 g/mol. The fourth-order valence-electron chi connectivity index (χ4n) is 1.94. The number of thiophene rings is 1. The molecule has 20 heavy (non-hydrogen) atoms. The maximum Gasteiger partial charge on any atom is 0.0900 e. The van der Waals surface area contributed by atoms with E-state index in [1.54, 1.807) is 18.4 Å². The highest BCUT2D eigenvalue weighted by atomic mass is 32.1. The molecule has 0 aliphatic rings. The second-order valence-corrected chi connectivity index (χ2v) is 6.23. The van der Waals surface area contributed by atoms with Crippen LogP contribution in [0.3, 0.4) is 0 Å². The summed E-state index contributed by atoms with van der Waals surface area (Å²) >= 11 is 1.75. The van der Waals surface area contributed by atoms with Crippen molar-refractivity contribution in [2.75, 3.05) is 33.4 Å². The van der Waals surface area contributed by atoms with Crippen molar-refractivity contribution in [1.82, 2.24) is 4.90 Å². The third-order valence-electron chi connectivity index (χ3n) is 2.87. The minimum absolute atomic E-state index is 0.156. The maximum atomic E-state index is 10.1. The molecule has 0 aromatic carbocycles. The fourth-order valence-corrected chi connectivity index (χ4v) is 2.69. The van der Waals surface area contributed by atoms with Crippen molar-refractivity contribution in [3.8, 4) is 0 Å². The number of ether oxygens (including phenoxy) is 2. The zero-order chi connectivity index (χ0) is 14.8. The quantitative estimate of drug-likeness (QED) is 0.637. The highest BCUT2D eigenvalue weighted by Crippen LogP contribution is 2.12. The molecule has 5 heteroatoms. The summed E-state index contributed by atoms with van der Waals surface area (Å²) in [5.41, 5.74) is 0. The Morgan fingerprint density at radius 1 is 1.40 bits per heavy atom. The summed E-state index contributed by atoms with van der Waals surface area (Å²) in [7, 11) is 1.72. The molecule has 1 unspecified atom stereocenters. The van der Waals surface area contributed by atoms with E-state index in [0.717, 1.165) is 26.1 Å². The highest BCUT2D eigenvalue weighted by Gasteiger charge is 2.13. The topological polar surface area (TPSA) is 41.9 Å². The Morgan fingerprint density at radius 2 is 2.20 bits per heavy atom. The number of aliphatic hydroxyl groups is 1. The van der Waals surface area contributed by atoms with E-state index in [2.05, 4.69) is 22.4 Å². The molecule has 1 aromatic rings. The Bertz CT molecular complexity index is 330. The number of nitrogens with zero attached hydrogens (tertiary/aromatic N) is 1. The van der Waals surface area contributed by atoms with Crippen molar-refractivity contribution in [3.63, 3.8) is 0 Å². The fraction of sp³-hybridized carbons (Fsp3) is 0.733. The highest BCUT2D eigenvalue weighted by molar-refractivity contribution is 7.09. The lowest BCUT2D eigenvalue weighted by Crippen LogP contribution is -2.36. The maximum absolute atomic E-state index is 10.1. The molecule has 4 nitrogen and oxygen atoms in total. The van der Waals surface area contributed by atoms with Crippen LogP contribution in [0.25, 0.3) is 0 Å². The van der Waals surface area contributed by atoms with Crippen LogP contribution < -0.4 is 0 Å². The lowest BCUT2D eigenvalue weighted by Gasteiger charge is -2.25. The number of rotatable bonds is 11. The Balaban J connectivity index is 2.40. The van der Waals surface area contributed by atoms with Gasteiger partial charge in [0.2, 0.25) is 0 Å². The minimum atomic E-state index is -0.445. The summed E-state index contributed by atoms with van der Waals surface area (Å²) in [6.45, 7) is 7.53. The van der Waals surface area contributed by atoms with Crippen LogP contribution in [0.5, 0.6) is 0 Å². The lowest BCUT2D eigenvalue weighted by molar-refractivity contribution is -0.0102. The Hall–Kier alpha value is -0.460. The van der Waals surface area contributed by atoms with Crippen LogP contribution in [-0.4, -0.2) is 55.6 Å². The Labute approximate surface area is 126 Å².